The van der Waals surface area contributed by atoms with E-state index < -0.39 is 0 Å². The lowest BCUT2D eigenvalue weighted by molar-refractivity contribution is -0.137. The summed E-state index contributed by atoms with van der Waals surface area (Å²) in [5, 5.41) is 2.48. The number of imide groups is 1. The third kappa shape index (κ3) is 5.49. The number of rotatable bonds is 7. The number of carbonyl (C=O) groups is 2. The third-order valence-electron chi connectivity index (χ3n) is 8.18. The van der Waals surface area contributed by atoms with Crippen LogP contribution in [-0.4, -0.2) is 45.7 Å². The van der Waals surface area contributed by atoms with Gasteiger partial charge in [0.2, 0.25) is 11.8 Å². The molecule has 7 nitrogen and oxygen atoms in total. The molecule has 7 heteroatoms. The van der Waals surface area contributed by atoms with Crippen LogP contribution in [0.15, 0.2) is 67.0 Å². The van der Waals surface area contributed by atoms with Gasteiger partial charge in [0.15, 0.2) is 0 Å². The lowest BCUT2D eigenvalue weighted by atomic mass is 9.90. The van der Waals surface area contributed by atoms with Crippen LogP contribution in [0.1, 0.15) is 59.4 Å². The lowest BCUT2D eigenvalue weighted by Gasteiger charge is -2.32. The van der Waals surface area contributed by atoms with Gasteiger partial charge in [0.05, 0.1) is 6.04 Å². The molecule has 2 amide bonds. The van der Waals surface area contributed by atoms with Gasteiger partial charge in [-0.25, -0.2) is 0 Å². The van der Waals surface area contributed by atoms with Crippen molar-refractivity contribution >= 4 is 11.8 Å². The van der Waals surface area contributed by atoms with Crippen LogP contribution in [0.25, 0.3) is 0 Å². The Labute approximate surface area is 223 Å². The maximum Gasteiger partial charge on any atom is 0.243 e. The number of hydrogen-bond donors (Lipinski definition) is 1. The smallest absolute Gasteiger partial charge is 0.243 e. The Balaban J connectivity index is 1.01. The Hall–Kier alpha value is -3.55. The molecule has 2 fully saturated rings. The van der Waals surface area contributed by atoms with Crippen LogP contribution in [0.3, 0.4) is 0 Å². The average Bonchev–Trinajstić information content (AvgIpc) is 3.38. The predicted octanol–water partition coefficient (Wildman–Crippen LogP) is 4.16. The Morgan fingerprint density at radius 2 is 1.74 bits per heavy atom. The third-order valence-corrected chi connectivity index (χ3v) is 8.18. The van der Waals surface area contributed by atoms with Crippen LogP contribution in [0.5, 0.6) is 5.75 Å². The minimum Gasteiger partial charge on any atom is -0.489 e. The van der Waals surface area contributed by atoms with Gasteiger partial charge in [-0.2, -0.15) is 0 Å². The number of hydrogen-bond acceptors (Lipinski definition) is 6. The summed E-state index contributed by atoms with van der Waals surface area (Å²) in [4.78, 5) is 32.9. The van der Waals surface area contributed by atoms with Crippen LogP contribution in [0, 0.1) is 0 Å². The zero-order valence-electron chi connectivity index (χ0n) is 21.6. The fourth-order valence-corrected chi connectivity index (χ4v) is 6.00. The number of nitrogens with zero attached hydrogens (tertiary/aromatic N) is 3. The second-order valence-electron chi connectivity index (χ2n) is 10.7. The van der Waals surface area contributed by atoms with E-state index >= 15 is 0 Å². The maximum atomic E-state index is 12.4. The molecule has 0 saturated carbocycles. The minimum atomic E-state index is -0.262. The summed E-state index contributed by atoms with van der Waals surface area (Å²) in [5.41, 5.74) is 6.17. The van der Waals surface area contributed by atoms with Crippen molar-refractivity contribution in [2.24, 2.45) is 0 Å². The van der Waals surface area contributed by atoms with Gasteiger partial charge in [0.1, 0.15) is 12.4 Å². The molecule has 4 heterocycles. The number of nitrogens with one attached hydrogen (secondary N) is 1. The van der Waals surface area contributed by atoms with Crippen molar-refractivity contribution in [3.05, 3.63) is 94.8 Å². The van der Waals surface area contributed by atoms with Crippen molar-refractivity contribution < 1.29 is 14.3 Å². The summed E-state index contributed by atoms with van der Waals surface area (Å²) >= 11 is 0. The maximum absolute atomic E-state index is 12.4. The van der Waals surface area contributed by atoms with Gasteiger partial charge < -0.3 is 4.74 Å². The van der Waals surface area contributed by atoms with E-state index in [9.17, 15) is 9.59 Å². The van der Waals surface area contributed by atoms with E-state index in [1.165, 1.54) is 29.5 Å². The molecule has 1 unspecified atom stereocenters. The summed E-state index contributed by atoms with van der Waals surface area (Å²) in [7, 11) is 0. The van der Waals surface area contributed by atoms with E-state index in [-0.39, 0.29) is 17.9 Å². The van der Waals surface area contributed by atoms with E-state index in [0.29, 0.717) is 38.5 Å². The molecule has 2 saturated heterocycles. The molecule has 3 aliphatic rings. The molecular formula is C31H34N4O3. The molecule has 3 aliphatic heterocycles. The molecule has 2 aromatic carbocycles. The summed E-state index contributed by atoms with van der Waals surface area (Å²) in [6.45, 7) is 5.06. The fraction of sp³-hybridized carbons (Fsp3) is 0.387. The summed E-state index contributed by atoms with van der Waals surface area (Å²) in [5.74, 6) is 1.13. The highest BCUT2D eigenvalue weighted by molar-refractivity contribution is 6.00. The van der Waals surface area contributed by atoms with Crippen molar-refractivity contribution in [3.63, 3.8) is 0 Å². The number of ether oxygens (including phenoxy) is 1. The number of piperidine rings is 2. The first-order chi connectivity index (χ1) is 18.6. The Kier molecular flexibility index (Phi) is 7.20. The van der Waals surface area contributed by atoms with E-state index in [1.807, 2.05) is 30.6 Å². The predicted molar refractivity (Wildman–Crippen MR) is 144 cm³/mol. The van der Waals surface area contributed by atoms with E-state index in [2.05, 4.69) is 56.5 Å². The van der Waals surface area contributed by atoms with Gasteiger partial charge in [0, 0.05) is 44.0 Å². The summed E-state index contributed by atoms with van der Waals surface area (Å²) in [6, 6.07) is 18.9. The van der Waals surface area contributed by atoms with Crippen LogP contribution in [-0.2, 0) is 35.8 Å². The van der Waals surface area contributed by atoms with Crippen LogP contribution < -0.4 is 10.1 Å². The van der Waals surface area contributed by atoms with Gasteiger partial charge in [-0.15, -0.1) is 0 Å². The number of pyridine rings is 1. The van der Waals surface area contributed by atoms with Crippen molar-refractivity contribution in [3.8, 4) is 5.75 Å². The number of benzene rings is 2. The van der Waals surface area contributed by atoms with E-state index in [4.69, 9.17) is 4.74 Å². The van der Waals surface area contributed by atoms with Crippen molar-refractivity contribution in [2.75, 3.05) is 13.1 Å². The molecule has 1 atom stereocenters. The van der Waals surface area contributed by atoms with Gasteiger partial charge in [0.25, 0.3) is 0 Å². The van der Waals surface area contributed by atoms with Gasteiger partial charge in [-0.05, 0) is 72.7 Å². The minimum absolute atomic E-state index is 0.177. The van der Waals surface area contributed by atoms with Crippen LogP contribution in [0.2, 0.25) is 0 Å². The Morgan fingerprint density at radius 1 is 0.921 bits per heavy atom. The lowest BCUT2D eigenvalue weighted by Crippen LogP contribution is -2.50. The molecular weight excluding hydrogens is 476 g/mol. The van der Waals surface area contributed by atoms with E-state index in [0.717, 1.165) is 36.5 Å². The average molecular weight is 511 g/mol. The van der Waals surface area contributed by atoms with E-state index in [1.54, 1.807) is 0 Å². The summed E-state index contributed by atoms with van der Waals surface area (Å²) < 4.78 is 6.26. The fourth-order valence-electron chi connectivity index (χ4n) is 6.00. The number of fused-ring (bicyclic) bond motifs is 1. The first kappa shape index (κ1) is 24.8. The molecule has 1 N–H and O–H groups in total. The second-order valence-corrected chi connectivity index (χ2v) is 10.7. The van der Waals surface area contributed by atoms with Gasteiger partial charge >= 0.3 is 0 Å². The summed E-state index contributed by atoms with van der Waals surface area (Å²) in [6.07, 6.45) is 7.19. The Bertz CT molecular complexity index is 1290. The van der Waals surface area contributed by atoms with Gasteiger partial charge in [-0.1, -0.05) is 42.5 Å². The highest BCUT2D eigenvalue weighted by atomic mass is 16.5. The quantitative estimate of drug-likeness (QED) is 0.481. The number of amides is 2. The number of likely N-dealkylation sites (tertiary alicyclic amines) is 1. The second kappa shape index (κ2) is 11.1. The molecule has 0 bridgehead atoms. The topological polar surface area (TPSA) is 74.8 Å². The molecule has 6 rings (SSSR count). The van der Waals surface area contributed by atoms with Crippen molar-refractivity contribution in [1.82, 2.24) is 20.1 Å². The molecule has 0 spiro atoms. The molecule has 0 radical (unpaired) electrons. The molecule has 196 valence electrons. The molecule has 38 heavy (non-hydrogen) atoms. The first-order valence-electron chi connectivity index (χ1n) is 13.6. The normalized spacial score (nSPS) is 20.8. The first-order valence-corrected chi connectivity index (χ1v) is 13.6. The van der Waals surface area contributed by atoms with Crippen molar-refractivity contribution in [1.29, 1.82) is 0 Å². The van der Waals surface area contributed by atoms with Crippen LogP contribution in [0.4, 0.5) is 0 Å². The number of aromatic nitrogens is 1. The molecule has 3 aromatic rings. The van der Waals surface area contributed by atoms with Gasteiger partial charge in [-0.3, -0.25) is 29.7 Å². The largest absolute Gasteiger partial charge is 0.489 e. The highest BCUT2D eigenvalue weighted by Gasteiger charge is 2.35. The molecule has 1 aromatic heterocycles. The SMILES string of the molecule is O=C1CCC(N2Cc3cccc(OCc4ccc(CN5CCC(c6cccnc6)CC5)cc4)c3C2)C(=O)N1. The zero-order chi connectivity index (χ0) is 25.9. The van der Waals surface area contributed by atoms with Crippen LogP contribution >= 0.6 is 0 Å². The Morgan fingerprint density at radius 3 is 2.50 bits per heavy atom. The number of carbonyl (C=O) groups excluding carboxylic acids is 2. The zero-order valence-corrected chi connectivity index (χ0v) is 21.6. The standard InChI is InChI=1S/C31H34N4O3/c36-30-11-10-28(31(37)33-30)35-19-26-3-1-5-29(27(26)20-35)38-21-23-8-6-22(7-9-23)18-34-15-12-24(13-16-34)25-4-2-14-32-17-25/h1-9,14,17,24,28H,10-13,15-16,18-21H2,(H,33,36,37). The highest BCUT2D eigenvalue weighted by Crippen LogP contribution is 2.34. The molecule has 0 aliphatic carbocycles. The monoisotopic (exact) mass is 510 g/mol. The van der Waals surface area contributed by atoms with Crippen molar-refractivity contribution in [2.45, 2.75) is 63.9 Å².